The third-order valence-corrected chi connectivity index (χ3v) is 2.63. The molecule has 0 fully saturated rings. The van der Waals surface area contributed by atoms with Crippen LogP contribution in [0.5, 0.6) is 0 Å². The summed E-state index contributed by atoms with van der Waals surface area (Å²) in [7, 11) is 0. The van der Waals surface area contributed by atoms with Gasteiger partial charge in [-0.05, 0) is 26.7 Å². The first-order chi connectivity index (χ1) is 8.43. The second-order valence-electron chi connectivity index (χ2n) is 4.50. The van der Waals surface area contributed by atoms with E-state index in [-0.39, 0.29) is 11.9 Å². The molecule has 1 amide bonds. The number of esters is 1. The zero-order valence-corrected chi connectivity index (χ0v) is 12.0. The van der Waals surface area contributed by atoms with Crippen LogP contribution in [-0.4, -0.2) is 36.0 Å². The largest absolute Gasteiger partial charge is 0.464 e. The summed E-state index contributed by atoms with van der Waals surface area (Å²) in [6.07, 6.45) is 2.32. The van der Waals surface area contributed by atoms with Crippen molar-refractivity contribution in [2.75, 3.05) is 13.2 Å². The molecular weight excluding hydrogens is 230 g/mol. The molecular formula is C14H25NO3. The van der Waals surface area contributed by atoms with E-state index in [4.69, 9.17) is 4.74 Å². The third kappa shape index (κ3) is 5.84. The van der Waals surface area contributed by atoms with Crippen LogP contribution in [0.3, 0.4) is 0 Å². The first kappa shape index (κ1) is 16.7. The lowest BCUT2D eigenvalue weighted by molar-refractivity contribution is -0.154. The van der Waals surface area contributed by atoms with E-state index in [0.29, 0.717) is 19.6 Å². The maximum Gasteiger partial charge on any atom is 0.329 e. The molecule has 0 aromatic rings. The van der Waals surface area contributed by atoms with Gasteiger partial charge in [-0.1, -0.05) is 18.9 Å². The summed E-state index contributed by atoms with van der Waals surface area (Å²) in [5.74, 6) is -0.436. The van der Waals surface area contributed by atoms with Gasteiger partial charge in [0.2, 0.25) is 5.91 Å². The molecule has 0 aromatic carbocycles. The number of nitrogens with zero attached hydrogens (tertiary/aromatic N) is 1. The lowest BCUT2D eigenvalue weighted by atomic mass is 10.1. The van der Waals surface area contributed by atoms with E-state index in [2.05, 4.69) is 13.5 Å². The average Bonchev–Trinajstić information content (AvgIpc) is 2.27. The number of hydrogen-bond donors (Lipinski definition) is 0. The number of carbonyl (C=O) groups is 2. The molecule has 4 heteroatoms. The first-order valence-corrected chi connectivity index (χ1v) is 6.52. The Bertz CT molecular complexity index is 299. The highest BCUT2D eigenvalue weighted by molar-refractivity contribution is 5.83. The molecule has 0 rings (SSSR count). The fraction of sp³-hybridized carbons (Fsp3) is 0.714. The van der Waals surface area contributed by atoms with Crippen molar-refractivity contribution < 1.29 is 14.3 Å². The summed E-state index contributed by atoms with van der Waals surface area (Å²) >= 11 is 0. The van der Waals surface area contributed by atoms with Crippen molar-refractivity contribution in [1.82, 2.24) is 4.90 Å². The predicted molar refractivity (Wildman–Crippen MR) is 72.1 cm³/mol. The van der Waals surface area contributed by atoms with Crippen LogP contribution >= 0.6 is 0 Å². The maximum absolute atomic E-state index is 11.9. The molecule has 104 valence electrons. The number of ether oxygens (including phenoxy) is 1. The van der Waals surface area contributed by atoms with Crippen LogP contribution in [0.1, 0.15) is 47.0 Å². The Labute approximate surface area is 110 Å². The van der Waals surface area contributed by atoms with Gasteiger partial charge in [0.1, 0.15) is 6.04 Å². The molecule has 18 heavy (non-hydrogen) atoms. The van der Waals surface area contributed by atoms with Crippen LogP contribution in [0, 0.1) is 0 Å². The van der Waals surface area contributed by atoms with E-state index in [0.717, 1.165) is 18.4 Å². The highest BCUT2D eigenvalue weighted by Crippen LogP contribution is 2.13. The lowest BCUT2D eigenvalue weighted by Crippen LogP contribution is -2.45. The van der Waals surface area contributed by atoms with Crippen molar-refractivity contribution in [3.63, 3.8) is 0 Å². The van der Waals surface area contributed by atoms with E-state index in [1.54, 1.807) is 11.8 Å². The third-order valence-electron chi connectivity index (χ3n) is 2.63. The maximum atomic E-state index is 11.9. The molecule has 0 saturated heterocycles. The number of hydrogen-bond acceptors (Lipinski definition) is 3. The van der Waals surface area contributed by atoms with Gasteiger partial charge >= 0.3 is 5.97 Å². The fourth-order valence-electron chi connectivity index (χ4n) is 1.75. The van der Waals surface area contributed by atoms with E-state index < -0.39 is 6.04 Å². The van der Waals surface area contributed by atoms with Gasteiger partial charge in [0.05, 0.1) is 6.61 Å². The Morgan fingerprint density at radius 1 is 1.28 bits per heavy atom. The molecule has 0 saturated carbocycles. The van der Waals surface area contributed by atoms with Crippen molar-refractivity contribution in [1.29, 1.82) is 0 Å². The number of amides is 1. The van der Waals surface area contributed by atoms with Gasteiger partial charge in [-0.3, -0.25) is 4.79 Å². The van der Waals surface area contributed by atoms with Crippen molar-refractivity contribution in [3.05, 3.63) is 12.2 Å². The highest BCUT2D eigenvalue weighted by Gasteiger charge is 2.28. The molecule has 0 aliphatic heterocycles. The van der Waals surface area contributed by atoms with Crippen molar-refractivity contribution in [2.24, 2.45) is 0 Å². The van der Waals surface area contributed by atoms with Crippen LogP contribution in [0.25, 0.3) is 0 Å². The van der Waals surface area contributed by atoms with Gasteiger partial charge in [-0.2, -0.15) is 0 Å². The first-order valence-electron chi connectivity index (χ1n) is 6.52. The Morgan fingerprint density at radius 3 is 2.28 bits per heavy atom. The van der Waals surface area contributed by atoms with Crippen LogP contribution < -0.4 is 0 Å². The molecule has 0 heterocycles. The van der Waals surface area contributed by atoms with E-state index >= 15 is 0 Å². The summed E-state index contributed by atoms with van der Waals surface area (Å²) in [6.45, 7) is 11.9. The standard InChI is InChI=1S/C14H25NO3/c1-6-8-9-15(12(5)16)13(10-11(3)4)14(17)18-7-2/h13H,3,6-10H2,1-2,4-5H3. The van der Waals surface area contributed by atoms with Gasteiger partial charge < -0.3 is 9.64 Å². The zero-order chi connectivity index (χ0) is 14.1. The molecule has 0 aromatic heterocycles. The molecule has 0 N–H and O–H groups in total. The zero-order valence-electron chi connectivity index (χ0n) is 12.0. The Kier molecular flexibility index (Phi) is 8.08. The molecule has 0 spiro atoms. The van der Waals surface area contributed by atoms with E-state index in [1.165, 1.54) is 6.92 Å². The number of rotatable bonds is 8. The predicted octanol–water partition coefficient (Wildman–Crippen LogP) is 2.53. The number of carbonyl (C=O) groups excluding carboxylic acids is 2. The van der Waals surface area contributed by atoms with Crippen molar-refractivity contribution in [3.8, 4) is 0 Å². The van der Waals surface area contributed by atoms with Crippen LogP contribution in [0.2, 0.25) is 0 Å². The van der Waals surface area contributed by atoms with Gasteiger partial charge in [0.25, 0.3) is 0 Å². The summed E-state index contributed by atoms with van der Waals surface area (Å²) < 4.78 is 5.04. The minimum absolute atomic E-state index is 0.0947. The topological polar surface area (TPSA) is 46.6 Å². The van der Waals surface area contributed by atoms with Gasteiger partial charge in [-0.15, -0.1) is 6.58 Å². The quantitative estimate of drug-likeness (QED) is 0.494. The minimum Gasteiger partial charge on any atom is -0.464 e. The van der Waals surface area contributed by atoms with Crippen LogP contribution in [0.15, 0.2) is 12.2 Å². The second kappa shape index (κ2) is 8.72. The van der Waals surface area contributed by atoms with Crippen molar-refractivity contribution >= 4 is 11.9 Å². The SMILES string of the molecule is C=C(C)CC(C(=O)OCC)N(CCCC)C(C)=O. The fourth-order valence-corrected chi connectivity index (χ4v) is 1.75. The van der Waals surface area contributed by atoms with E-state index in [9.17, 15) is 9.59 Å². The lowest BCUT2D eigenvalue weighted by Gasteiger charge is -2.29. The van der Waals surface area contributed by atoms with Crippen LogP contribution in [-0.2, 0) is 14.3 Å². The molecule has 0 aliphatic rings. The Balaban J connectivity index is 4.90. The monoisotopic (exact) mass is 255 g/mol. The van der Waals surface area contributed by atoms with E-state index in [1.807, 2.05) is 6.92 Å². The highest BCUT2D eigenvalue weighted by atomic mass is 16.5. The normalized spacial score (nSPS) is 11.8. The van der Waals surface area contributed by atoms with Gasteiger partial charge in [-0.25, -0.2) is 4.79 Å². The van der Waals surface area contributed by atoms with Gasteiger partial charge in [0.15, 0.2) is 0 Å². The molecule has 0 bridgehead atoms. The molecule has 1 unspecified atom stereocenters. The smallest absolute Gasteiger partial charge is 0.329 e. The second-order valence-corrected chi connectivity index (χ2v) is 4.50. The molecule has 0 radical (unpaired) electrons. The molecule has 1 atom stereocenters. The van der Waals surface area contributed by atoms with Crippen LogP contribution in [0.4, 0.5) is 0 Å². The molecule has 4 nitrogen and oxygen atoms in total. The summed E-state index contributed by atoms with van der Waals surface area (Å²) in [6, 6.07) is -0.536. The molecule has 0 aliphatic carbocycles. The summed E-state index contributed by atoms with van der Waals surface area (Å²) in [5.41, 5.74) is 0.871. The average molecular weight is 255 g/mol. The Morgan fingerprint density at radius 2 is 1.89 bits per heavy atom. The Hall–Kier alpha value is -1.32. The minimum atomic E-state index is -0.536. The summed E-state index contributed by atoms with van der Waals surface area (Å²) in [5, 5.41) is 0. The number of unbranched alkanes of at least 4 members (excludes halogenated alkanes) is 1. The van der Waals surface area contributed by atoms with Gasteiger partial charge in [0, 0.05) is 13.5 Å². The summed E-state index contributed by atoms with van der Waals surface area (Å²) in [4.78, 5) is 25.2. The van der Waals surface area contributed by atoms with Crippen molar-refractivity contribution in [2.45, 2.75) is 53.0 Å².